The van der Waals surface area contributed by atoms with Crippen LogP contribution in [0.15, 0.2) is 24.3 Å². The van der Waals surface area contributed by atoms with Crippen molar-refractivity contribution < 1.29 is 47.9 Å². The van der Waals surface area contributed by atoms with E-state index in [2.05, 4.69) is 5.32 Å². The molecule has 0 bridgehead atoms. The van der Waals surface area contributed by atoms with Crippen LogP contribution in [0.4, 0.5) is 4.79 Å². The summed E-state index contributed by atoms with van der Waals surface area (Å²) in [5, 5.41) is 11.6. The minimum absolute atomic E-state index is 0.0985. The van der Waals surface area contributed by atoms with Crippen LogP contribution in [0.2, 0.25) is 0 Å². The molecule has 2 rings (SSSR count). The second kappa shape index (κ2) is 17.1. The maximum atomic E-state index is 11.8. The summed E-state index contributed by atoms with van der Waals surface area (Å²) in [6, 6.07) is 6.04. The minimum Gasteiger partial charge on any atom is -0.491 e. The SMILES string of the molecule is CC(C)(C)OC(=O)N[C@@H](COCc1cccc(OCCOCCOCCOC2CCCCO2)c1)C(=O)O. The van der Waals surface area contributed by atoms with Crippen LogP contribution in [0.1, 0.15) is 45.6 Å². The molecule has 1 fully saturated rings. The van der Waals surface area contributed by atoms with E-state index in [-0.39, 0.29) is 19.5 Å². The van der Waals surface area contributed by atoms with Gasteiger partial charge in [-0.15, -0.1) is 0 Å². The number of carbonyl (C=O) groups excluding carboxylic acids is 1. The highest BCUT2D eigenvalue weighted by atomic mass is 16.7. The molecule has 1 aliphatic rings. The number of benzene rings is 1. The molecule has 1 aromatic rings. The van der Waals surface area contributed by atoms with Gasteiger partial charge in [-0.2, -0.15) is 0 Å². The van der Waals surface area contributed by atoms with Crippen molar-refractivity contribution in [1.29, 1.82) is 0 Å². The first-order valence-corrected chi connectivity index (χ1v) is 12.6. The Morgan fingerprint density at radius 2 is 1.78 bits per heavy atom. The van der Waals surface area contributed by atoms with Gasteiger partial charge in [0.1, 0.15) is 18.0 Å². The molecule has 1 aliphatic heterocycles. The zero-order valence-electron chi connectivity index (χ0n) is 22.1. The van der Waals surface area contributed by atoms with Crippen molar-refractivity contribution in [2.75, 3.05) is 52.9 Å². The molecule has 37 heavy (non-hydrogen) atoms. The Labute approximate surface area is 218 Å². The number of carbonyl (C=O) groups is 2. The second-order valence-corrected chi connectivity index (χ2v) is 9.44. The zero-order valence-corrected chi connectivity index (χ0v) is 22.1. The largest absolute Gasteiger partial charge is 0.491 e. The lowest BCUT2D eigenvalue weighted by Crippen LogP contribution is -2.46. The maximum absolute atomic E-state index is 11.8. The van der Waals surface area contributed by atoms with E-state index < -0.39 is 23.7 Å². The topological polar surface area (TPSA) is 131 Å². The summed E-state index contributed by atoms with van der Waals surface area (Å²) in [6.45, 7) is 8.51. The van der Waals surface area contributed by atoms with Crippen LogP contribution in [-0.2, 0) is 39.8 Å². The third-order valence-electron chi connectivity index (χ3n) is 4.98. The molecular weight excluding hydrogens is 486 g/mol. The summed E-state index contributed by atoms with van der Waals surface area (Å²) in [4.78, 5) is 23.3. The Kier molecular flexibility index (Phi) is 14.3. The van der Waals surface area contributed by atoms with Crippen molar-refractivity contribution in [3.63, 3.8) is 0 Å². The molecule has 2 atom stereocenters. The van der Waals surface area contributed by atoms with Crippen LogP contribution in [0.3, 0.4) is 0 Å². The first kappa shape index (κ1) is 30.8. The first-order chi connectivity index (χ1) is 17.7. The van der Waals surface area contributed by atoms with Gasteiger partial charge in [-0.05, 0) is 57.7 Å². The molecule has 1 unspecified atom stereocenters. The zero-order chi connectivity index (χ0) is 26.9. The quantitative estimate of drug-likeness (QED) is 0.291. The number of nitrogens with one attached hydrogen (secondary N) is 1. The van der Waals surface area contributed by atoms with Crippen molar-refractivity contribution >= 4 is 12.1 Å². The Morgan fingerprint density at radius 1 is 1.05 bits per heavy atom. The lowest BCUT2D eigenvalue weighted by Gasteiger charge is -2.22. The molecule has 0 aromatic heterocycles. The molecule has 0 radical (unpaired) electrons. The van der Waals surface area contributed by atoms with E-state index >= 15 is 0 Å². The van der Waals surface area contributed by atoms with Crippen molar-refractivity contribution in [1.82, 2.24) is 5.32 Å². The third-order valence-corrected chi connectivity index (χ3v) is 4.98. The lowest BCUT2D eigenvalue weighted by molar-refractivity contribution is -0.169. The number of aliphatic carboxylic acids is 1. The molecule has 1 amide bonds. The monoisotopic (exact) mass is 527 g/mol. The maximum Gasteiger partial charge on any atom is 0.408 e. The molecule has 0 aliphatic carbocycles. The lowest BCUT2D eigenvalue weighted by atomic mass is 10.2. The van der Waals surface area contributed by atoms with E-state index in [1.54, 1.807) is 26.8 Å². The minimum atomic E-state index is -1.23. The standard InChI is InChI=1S/C26H41NO10/c1-26(2,3)37-25(30)27-22(24(28)29)19-33-18-20-7-6-8-21(17-20)34-15-13-31-11-12-32-14-16-36-23-9-4-5-10-35-23/h6-8,17,22-23H,4-5,9-16,18-19H2,1-3H3,(H,27,30)(H,28,29)/t22-,23?/m0/s1. The summed E-state index contributed by atoms with van der Waals surface area (Å²) in [5.41, 5.74) is 0.0706. The fraction of sp³-hybridized carbons (Fsp3) is 0.692. The van der Waals surface area contributed by atoms with E-state index in [4.69, 9.17) is 33.2 Å². The summed E-state index contributed by atoms with van der Waals surface area (Å²) in [7, 11) is 0. The van der Waals surface area contributed by atoms with E-state index in [1.165, 1.54) is 0 Å². The molecule has 0 spiro atoms. The molecule has 0 saturated carbocycles. The summed E-state index contributed by atoms with van der Waals surface area (Å²) in [5.74, 6) is -0.569. The van der Waals surface area contributed by atoms with Crippen LogP contribution >= 0.6 is 0 Å². The van der Waals surface area contributed by atoms with Gasteiger partial charge in [0.2, 0.25) is 0 Å². The van der Waals surface area contributed by atoms with Crippen molar-refractivity contribution in [3.05, 3.63) is 29.8 Å². The van der Waals surface area contributed by atoms with Crippen molar-refractivity contribution in [3.8, 4) is 5.75 Å². The van der Waals surface area contributed by atoms with Crippen molar-refractivity contribution in [2.24, 2.45) is 0 Å². The summed E-state index contributed by atoms with van der Waals surface area (Å²) in [6.07, 6.45) is 2.27. The van der Waals surface area contributed by atoms with Crippen LogP contribution in [-0.4, -0.2) is 88.0 Å². The van der Waals surface area contributed by atoms with Gasteiger partial charge in [0, 0.05) is 6.61 Å². The van der Waals surface area contributed by atoms with Gasteiger partial charge >= 0.3 is 12.1 Å². The number of alkyl carbamates (subject to hydrolysis) is 1. The smallest absolute Gasteiger partial charge is 0.408 e. The summed E-state index contributed by atoms with van der Waals surface area (Å²) >= 11 is 0. The Balaban J connectivity index is 1.54. The van der Waals surface area contributed by atoms with E-state index in [0.29, 0.717) is 45.4 Å². The van der Waals surface area contributed by atoms with Gasteiger partial charge in [-0.3, -0.25) is 0 Å². The summed E-state index contributed by atoms with van der Waals surface area (Å²) < 4.78 is 38.4. The molecule has 1 aromatic carbocycles. The normalized spacial score (nSPS) is 16.7. The van der Waals surface area contributed by atoms with Crippen LogP contribution in [0.5, 0.6) is 5.75 Å². The van der Waals surface area contributed by atoms with Gasteiger partial charge in [-0.1, -0.05) is 12.1 Å². The van der Waals surface area contributed by atoms with Crippen LogP contribution in [0, 0.1) is 0 Å². The van der Waals surface area contributed by atoms with Gasteiger partial charge in [0.05, 0.1) is 46.2 Å². The molecule has 1 saturated heterocycles. The Morgan fingerprint density at radius 3 is 2.46 bits per heavy atom. The highest BCUT2D eigenvalue weighted by molar-refractivity contribution is 5.80. The van der Waals surface area contributed by atoms with E-state index in [0.717, 1.165) is 31.4 Å². The number of ether oxygens (including phenoxy) is 7. The van der Waals surface area contributed by atoms with Gasteiger partial charge < -0.3 is 43.6 Å². The predicted octanol–water partition coefficient (Wildman–Crippen LogP) is 3.14. The highest BCUT2D eigenvalue weighted by Gasteiger charge is 2.24. The molecule has 2 N–H and O–H groups in total. The number of carboxylic acid groups (broad SMARTS) is 1. The molecule has 11 heteroatoms. The van der Waals surface area contributed by atoms with Gasteiger partial charge in [0.15, 0.2) is 12.3 Å². The highest BCUT2D eigenvalue weighted by Crippen LogP contribution is 2.15. The number of hydrogen-bond acceptors (Lipinski definition) is 9. The van der Waals surface area contributed by atoms with Crippen LogP contribution in [0.25, 0.3) is 0 Å². The molecular formula is C26H41NO10. The third kappa shape index (κ3) is 14.8. The first-order valence-electron chi connectivity index (χ1n) is 12.6. The number of rotatable bonds is 17. The predicted molar refractivity (Wildman–Crippen MR) is 134 cm³/mol. The fourth-order valence-electron chi connectivity index (χ4n) is 3.27. The van der Waals surface area contributed by atoms with Gasteiger partial charge in [0.25, 0.3) is 0 Å². The Hall–Kier alpha value is -2.44. The molecule has 1 heterocycles. The average molecular weight is 528 g/mol. The molecule has 11 nitrogen and oxygen atoms in total. The molecule has 210 valence electrons. The fourth-order valence-corrected chi connectivity index (χ4v) is 3.27. The Bertz CT molecular complexity index is 792. The number of hydrogen-bond donors (Lipinski definition) is 2. The van der Waals surface area contributed by atoms with Crippen LogP contribution < -0.4 is 10.1 Å². The second-order valence-electron chi connectivity index (χ2n) is 9.44. The number of carboxylic acids is 1. The average Bonchev–Trinajstić information content (AvgIpc) is 2.84. The van der Waals surface area contributed by atoms with E-state index in [9.17, 15) is 14.7 Å². The van der Waals surface area contributed by atoms with E-state index in [1.807, 2.05) is 18.2 Å². The number of amides is 1. The van der Waals surface area contributed by atoms with Gasteiger partial charge in [-0.25, -0.2) is 9.59 Å². The van der Waals surface area contributed by atoms with Crippen molar-refractivity contribution in [2.45, 2.75) is 64.6 Å².